The maximum absolute atomic E-state index is 14.9. The number of primary amides is 1. The standard InChI is InChI=1S/C25H27F2N3O4S/c1-25(2,33)13-9-16(26)22(17(27)10-13)20-11-15(23(28)32)24(35-20)30-21-8-3-5-14(29-21)12-34-19-7-4-6-18(19)31/h3,5,8-11,18-19,31,33H,4,6-7,12H2,1-2H3,(H2,28,32)(H,29,30)/t18-,19-/m1/s1. The number of hydrogen-bond donors (Lipinski definition) is 4. The third kappa shape index (κ3) is 5.67. The second kappa shape index (κ2) is 9.98. The lowest BCUT2D eigenvalue weighted by molar-refractivity contribution is -0.0283. The van der Waals surface area contributed by atoms with Crippen LogP contribution in [0.5, 0.6) is 0 Å². The van der Waals surface area contributed by atoms with Crippen molar-refractivity contribution in [2.75, 3.05) is 5.32 Å². The van der Waals surface area contributed by atoms with Gasteiger partial charge in [-0.1, -0.05) is 6.07 Å². The van der Waals surface area contributed by atoms with Crippen molar-refractivity contribution in [1.82, 2.24) is 4.98 Å². The second-order valence-electron chi connectivity index (χ2n) is 9.08. The summed E-state index contributed by atoms with van der Waals surface area (Å²) >= 11 is 0.959. The predicted molar refractivity (Wildman–Crippen MR) is 129 cm³/mol. The lowest BCUT2D eigenvalue weighted by Crippen LogP contribution is -2.22. The number of nitrogens with two attached hydrogens (primary N) is 1. The number of benzene rings is 1. The summed E-state index contributed by atoms with van der Waals surface area (Å²) in [4.78, 5) is 16.7. The molecule has 7 nitrogen and oxygen atoms in total. The summed E-state index contributed by atoms with van der Waals surface area (Å²) in [6.45, 7) is 3.07. The molecule has 4 rings (SSSR count). The number of amides is 1. The number of hydrogen-bond acceptors (Lipinski definition) is 7. The van der Waals surface area contributed by atoms with Crippen LogP contribution in [0.1, 0.15) is 54.7 Å². The number of anilines is 2. The lowest BCUT2D eigenvalue weighted by Gasteiger charge is -2.18. The summed E-state index contributed by atoms with van der Waals surface area (Å²) in [5, 5.41) is 23.3. The third-order valence-electron chi connectivity index (χ3n) is 5.90. The van der Waals surface area contributed by atoms with Crippen molar-refractivity contribution in [2.24, 2.45) is 5.73 Å². The van der Waals surface area contributed by atoms with E-state index in [1.54, 1.807) is 18.2 Å². The number of nitrogens with zero attached hydrogens (tertiary/aromatic N) is 1. The highest BCUT2D eigenvalue weighted by Gasteiger charge is 2.26. The van der Waals surface area contributed by atoms with E-state index in [1.165, 1.54) is 19.9 Å². The summed E-state index contributed by atoms with van der Waals surface area (Å²) < 4.78 is 35.5. The first-order chi connectivity index (χ1) is 16.5. The average Bonchev–Trinajstić information content (AvgIpc) is 3.37. The molecule has 1 aromatic carbocycles. The molecule has 1 fully saturated rings. The molecule has 0 aliphatic heterocycles. The number of thiophene rings is 1. The van der Waals surface area contributed by atoms with Crippen LogP contribution >= 0.6 is 11.3 Å². The Labute approximate surface area is 205 Å². The van der Waals surface area contributed by atoms with Crippen LogP contribution in [0.4, 0.5) is 19.6 Å². The summed E-state index contributed by atoms with van der Waals surface area (Å²) in [5.74, 6) is -2.10. The van der Waals surface area contributed by atoms with E-state index in [-0.39, 0.29) is 39.3 Å². The van der Waals surface area contributed by atoms with Gasteiger partial charge in [0.2, 0.25) is 0 Å². The smallest absolute Gasteiger partial charge is 0.251 e. The van der Waals surface area contributed by atoms with Crippen LogP contribution in [-0.2, 0) is 16.9 Å². The molecule has 186 valence electrons. The first kappa shape index (κ1) is 25.2. The van der Waals surface area contributed by atoms with Crippen molar-refractivity contribution in [3.63, 3.8) is 0 Å². The number of ether oxygens (including phenoxy) is 1. The van der Waals surface area contributed by atoms with E-state index >= 15 is 0 Å². The van der Waals surface area contributed by atoms with Gasteiger partial charge in [0.05, 0.1) is 41.2 Å². The van der Waals surface area contributed by atoms with Crippen LogP contribution in [-0.4, -0.2) is 33.3 Å². The molecule has 5 N–H and O–H groups in total. The normalized spacial score (nSPS) is 18.1. The second-order valence-corrected chi connectivity index (χ2v) is 10.1. The topological polar surface area (TPSA) is 118 Å². The van der Waals surface area contributed by atoms with Gasteiger partial charge in [-0.05, 0) is 69.0 Å². The van der Waals surface area contributed by atoms with Gasteiger partial charge in [-0.3, -0.25) is 4.79 Å². The van der Waals surface area contributed by atoms with E-state index in [9.17, 15) is 23.8 Å². The SMILES string of the molecule is CC(C)(O)c1cc(F)c(-c2cc(C(N)=O)c(Nc3cccc(CO[C@@H]4CCC[C@H]4O)n3)s2)c(F)c1. The number of carbonyl (C=O) groups excluding carboxylic acids is 1. The number of carbonyl (C=O) groups is 1. The largest absolute Gasteiger partial charge is 0.390 e. The fourth-order valence-corrected chi connectivity index (χ4v) is 5.11. The van der Waals surface area contributed by atoms with E-state index in [0.29, 0.717) is 11.5 Å². The minimum absolute atomic E-state index is 0.0629. The molecule has 1 aliphatic rings. The molecule has 0 unspecified atom stereocenters. The van der Waals surface area contributed by atoms with Crippen molar-refractivity contribution >= 4 is 28.1 Å². The number of halogens is 2. The van der Waals surface area contributed by atoms with Crippen LogP contribution in [0.25, 0.3) is 10.4 Å². The van der Waals surface area contributed by atoms with E-state index in [4.69, 9.17) is 10.5 Å². The number of rotatable bonds is 8. The molecule has 2 heterocycles. The highest BCUT2D eigenvalue weighted by molar-refractivity contribution is 7.20. The fraction of sp³-hybridized carbons (Fsp3) is 0.360. The van der Waals surface area contributed by atoms with Gasteiger partial charge < -0.3 is 26.0 Å². The number of pyridine rings is 1. The first-order valence-corrected chi connectivity index (χ1v) is 12.0. The van der Waals surface area contributed by atoms with Crippen LogP contribution < -0.4 is 11.1 Å². The van der Waals surface area contributed by atoms with E-state index in [2.05, 4.69) is 10.3 Å². The first-order valence-electron chi connectivity index (χ1n) is 11.2. The van der Waals surface area contributed by atoms with Crippen LogP contribution in [0, 0.1) is 11.6 Å². The lowest BCUT2D eigenvalue weighted by atomic mass is 9.96. The molecule has 2 atom stereocenters. The van der Waals surface area contributed by atoms with Crippen molar-refractivity contribution < 1.29 is 28.5 Å². The van der Waals surface area contributed by atoms with Crippen LogP contribution in [0.2, 0.25) is 0 Å². The van der Waals surface area contributed by atoms with Crippen molar-refractivity contribution in [3.8, 4) is 10.4 Å². The Balaban J connectivity index is 1.59. The molecule has 35 heavy (non-hydrogen) atoms. The van der Waals surface area contributed by atoms with E-state index < -0.39 is 29.2 Å². The molecule has 2 aromatic heterocycles. The van der Waals surface area contributed by atoms with Crippen molar-refractivity contribution in [1.29, 1.82) is 0 Å². The molecule has 0 radical (unpaired) electrons. The van der Waals surface area contributed by atoms with Gasteiger partial charge in [0, 0.05) is 4.88 Å². The Morgan fingerprint density at radius 2 is 1.97 bits per heavy atom. The molecular weight excluding hydrogens is 476 g/mol. The zero-order valence-electron chi connectivity index (χ0n) is 19.3. The van der Waals surface area contributed by atoms with Gasteiger partial charge >= 0.3 is 0 Å². The molecular formula is C25H27F2N3O4S. The Bertz CT molecular complexity index is 1220. The Morgan fingerprint density at radius 1 is 1.26 bits per heavy atom. The average molecular weight is 504 g/mol. The Hall–Kier alpha value is -2.92. The highest BCUT2D eigenvalue weighted by atomic mass is 32.1. The molecule has 1 amide bonds. The highest BCUT2D eigenvalue weighted by Crippen LogP contribution is 2.40. The van der Waals surface area contributed by atoms with E-state index in [0.717, 1.165) is 42.7 Å². The maximum Gasteiger partial charge on any atom is 0.251 e. The maximum atomic E-state index is 14.9. The summed E-state index contributed by atoms with van der Waals surface area (Å²) in [6.07, 6.45) is 1.74. The van der Waals surface area contributed by atoms with Gasteiger partial charge in [0.15, 0.2) is 0 Å². The van der Waals surface area contributed by atoms with Gasteiger partial charge in [-0.25, -0.2) is 13.8 Å². The summed E-state index contributed by atoms with van der Waals surface area (Å²) in [7, 11) is 0. The quantitative estimate of drug-likeness (QED) is 0.357. The molecule has 10 heteroatoms. The molecule has 3 aromatic rings. The van der Waals surface area contributed by atoms with Gasteiger partial charge in [0.25, 0.3) is 5.91 Å². The number of aliphatic hydroxyl groups is 2. The summed E-state index contributed by atoms with van der Waals surface area (Å²) in [5.41, 5.74) is 4.56. The zero-order valence-corrected chi connectivity index (χ0v) is 20.2. The van der Waals surface area contributed by atoms with Crippen LogP contribution in [0.15, 0.2) is 36.4 Å². The van der Waals surface area contributed by atoms with Gasteiger partial charge in [0.1, 0.15) is 22.5 Å². The van der Waals surface area contributed by atoms with Crippen molar-refractivity contribution in [2.45, 2.75) is 57.5 Å². The van der Waals surface area contributed by atoms with Gasteiger partial charge in [-0.2, -0.15) is 0 Å². The molecule has 0 spiro atoms. The minimum atomic E-state index is -1.42. The van der Waals surface area contributed by atoms with E-state index in [1.807, 2.05) is 0 Å². The molecule has 0 saturated heterocycles. The van der Waals surface area contributed by atoms with Crippen molar-refractivity contribution in [3.05, 3.63) is 64.9 Å². The molecule has 1 saturated carbocycles. The fourth-order valence-electron chi connectivity index (χ4n) is 3.99. The number of aromatic nitrogens is 1. The number of nitrogens with one attached hydrogen (secondary N) is 1. The Morgan fingerprint density at radius 3 is 2.57 bits per heavy atom. The third-order valence-corrected chi connectivity index (χ3v) is 6.97. The molecule has 1 aliphatic carbocycles. The molecule has 0 bridgehead atoms. The monoisotopic (exact) mass is 503 g/mol. The van der Waals surface area contributed by atoms with Gasteiger partial charge in [-0.15, -0.1) is 11.3 Å². The minimum Gasteiger partial charge on any atom is -0.390 e. The summed E-state index contributed by atoms with van der Waals surface area (Å²) in [6, 6.07) is 8.68. The number of aliphatic hydroxyl groups excluding tert-OH is 1. The predicted octanol–water partition coefficient (Wildman–Crippen LogP) is 4.59. The zero-order chi connectivity index (χ0) is 25.3. The van der Waals surface area contributed by atoms with Crippen LogP contribution in [0.3, 0.4) is 0 Å². The Kier molecular flexibility index (Phi) is 7.18.